The molecular weight excluding hydrogens is 701 g/mol. The third-order valence-corrected chi connectivity index (χ3v) is 7.12. The van der Waals surface area contributed by atoms with E-state index in [1.165, 1.54) is 37.3 Å². The number of ketones is 1. The molecule has 0 saturated heterocycles. The first-order valence-electron chi connectivity index (χ1n) is 16.1. The van der Waals surface area contributed by atoms with Gasteiger partial charge in [0.2, 0.25) is 5.71 Å². The minimum absolute atomic E-state index is 0. The van der Waals surface area contributed by atoms with Crippen LogP contribution in [0, 0.1) is 29.7 Å². The Hall–Kier alpha value is -2.82. The number of hydrogen-bond donors (Lipinski definition) is 1. The largest absolute Gasteiger partial charge is 0.512 e. The summed E-state index contributed by atoms with van der Waals surface area (Å²) in [7, 11) is 0. The van der Waals surface area contributed by atoms with Crippen LogP contribution in [-0.4, -0.2) is 20.9 Å². The van der Waals surface area contributed by atoms with Crippen LogP contribution < -0.4 is 0 Å². The molecule has 1 aromatic carbocycles. The average Bonchev–Trinajstić information content (AvgIpc) is 3.53. The Kier molecular flexibility index (Phi) is 9.82. The van der Waals surface area contributed by atoms with Gasteiger partial charge < -0.3 is 14.5 Å². The number of furan rings is 1. The van der Waals surface area contributed by atoms with Gasteiger partial charge in [-0.2, -0.15) is 0 Å². The number of aliphatic hydroxyl groups excluding tert-OH is 1. The summed E-state index contributed by atoms with van der Waals surface area (Å²) in [5, 5.41) is 11.3. The molecule has 5 rings (SSSR count). The van der Waals surface area contributed by atoms with E-state index in [1.807, 2.05) is 59.9 Å². The van der Waals surface area contributed by atoms with Crippen LogP contribution in [0.5, 0.6) is 0 Å². The molecule has 227 valence electrons. The number of aliphatic hydroxyl groups is 1. The van der Waals surface area contributed by atoms with Crippen molar-refractivity contribution in [2.45, 2.75) is 93.3 Å². The summed E-state index contributed by atoms with van der Waals surface area (Å²) in [4.78, 5) is 20.3. The molecule has 3 heterocycles. The summed E-state index contributed by atoms with van der Waals surface area (Å²) < 4.78 is 28.8. The quantitative estimate of drug-likeness (QED) is 0.121. The number of carbonyl (C=O) groups is 1. The summed E-state index contributed by atoms with van der Waals surface area (Å²) in [5.74, 6) is 0.958. The summed E-state index contributed by atoms with van der Waals surface area (Å²) in [6.45, 7) is 9.87. The minimum Gasteiger partial charge on any atom is -0.512 e. The number of rotatable bonds is 6. The summed E-state index contributed by atoms with van der Waals surface area (Å²) >= 11 is 0. The van der Waals surface area contributed by atoms with Gasteiger partial charge in [-0.3, -0.25) is 4.79 Å². The van der Waals surface area contributed by atoms with Crippen molar-refractivity contribution in [3.05, 3.63) is 71.8 Å². The van der Waals surface area contributed by atoms with Gasteiger partial charge in [-0.05, 0) is 53.9 Å². The zero-order valence-corrected chi connectivity index (χ0v) is 28.0. The molecule has 0 spiro atoms. The van der Waals surface area contributed by atoms with E-state index in [9.17, 15) is 9.90 Å². The van der Waals surface area contributed by atoms with E-state index < -0.39 is 6.85 Å². The molecule has 5 nitrogen and oxygen atoms in total. The van der Waals surface area contributed by atoms with E-state index in [-0.39, 0.29) is 48.2 Å². The number of hydrogen-bond acceptors (Lipinski definition) is 5. The van der Waals surface area contributed by atoms with Crippen molar-refractivity contribution >= 4 is 27.9 Å². The maximum Gasteiger partial charge on any atom is 0.216 e. The number of pyridine rings is 2. The standard InChI is InChI=1S/C23H21N2O.C13H24O2.Ir/c1-15-9-10-19-18-7-4-8-20(22(18)26-23(19)25-15)21-14-17(11-12-24-21)13-16-5-2-3-6-16;1-12(2,3)8-10(14)7-11(15)9-13(4,5)6;/h4,7,9-12,14,16H,2-3,5-6,13H2,1H3;7,14H,8-9H2,1-6H3;/q-1;;/b;10-7-;/i1D3;;. The molecule has 3 aromatic heterocycles. The molecule has 1 radical (unpaired) electrons. The predicted molar refractivity (Wildman–Crippen MR) is 168 cm³/mol. The van der Waals surface area contributed by atoms with Crippen molar-refractivity contribution in [1.29, 1.82) is 0 Å². The smallest absolute Gasteiger partial charge is 0.216 e. The van der Waals surface area contributed by atoms with Gasteiger partial charge in [0, 0.05) is 60.4 Å². The Morgan fingerprint density at radius 2 is 1.79 bits per heavy atom. The van der Waals surface area contributed by atoms with Gasteiger partial charge in [-0.1, -0.05) is 89.8 Å². The van der Waals surface area contributed by atoms with Crippen LogP contribution in [0.1, 0.15) is 95.4 Å². The molecule has 4 aromatic rings. The van der Waals surface area contributed by atoms with Crippen LogP contribution in [0.15, 0.2) is 58.8 Å². The molecular formula is C36H45IrN2O3-. The van der Waals surface area contributed by atoms with Crippen molar-refractivity contribution in [2.75, 3.05) is 0 Å². The van der Waals surface area contributed by atoms with Crippen LogP contribution in [0.2, 0.25) is 0 Å². The second-order valence-electron chi connectivity index (χ2n) is 13.7. The van der Waals surface area contributed by atoms with E-state index >= 15 is 0 Å². The molecule has 1 N–H and O–H groups in total. The molecule has 1 aliphatic rings. The first kappa shape index (κ1) is 29.3. The van der Waals surface area contributed by atoms with Gasteiger partial charge in [-0.25, -0.2) is 4.98 Å². The fourth-order valence-corrected chi connectivity index (χ4v) is 5.45. The summed E-state index contributed by atoms with van der Waals surface area (Å²) in [6.07, 6.45) is 10.6. The molecule has 0 aliphatic heterocycles. The fourth-order valence-electron chi connectivity index (χ4n) is 5.45. The normalized spacial score (nSPS) is 15.9. The number of allylic oxidation sites excluding steroid dienone is 2. The van der Waals surface area contributed by atoms with Gasteiger partial charge in [0.15, 0.2) is 5.78 Å². The topological polar surface area (TPSA) is 76.2 Å². The maximum atomic E-state index is 11.5. The number of fused-ring (bicyclic) bond motifs is 3. The van der Waals surface area contributed by atoms with Gasteiger partial charge in [0.05, 0.1) is 11.3 Å². The number of nitrogens with zero attached hydrogens (tertiary/aromatic N) is 2. The fraction of sp³-hybridized carbons (Fsp3) is 0.472. The van der Waals surface area contributed by atoms with E-state index in [0.717, 1.165) is 34.4 Å². The van der Waals surface area contributed by atoms with Crippen molar-refractivity contribution in [3.8, 4) is 11.3 Å². The van der Waals surface area contributed by atoms with E-state index in [1.54, 1.807) is 12.1 Å². The molecule has 42 heavy (non-hydrogen) atoms. The summed E-state index contributed by atoms with van der Waals surface area (Å²) in [6, 6.07) is 14.6. The first-order chi connectivity index (χ1) is 20.5. The number of benzene rings is 1. The Bertz CT molecular complexity index is 1640. The van der Waals surface area contributed by atoms with Gasteiger partial charge in [0.25, 0.3) is 0 Å². The molecule has 0 amide bonds. The number of carbonyl (C=O) groups excluding carboxylic acids is 1. The molecule has 1 saturated carbocycles. The van der Waals surface area contributed by atoms with Crippen molar-refractivity contribution in [3.63, 3.8) is 0 Å². The van der Waals surface area contributed by atoms with Crippen LogP contribution >= 0.6 is 0 Å². The Morgan fingerprint density at radius 1 is 1.07 bits per heavy atom. The molecule has 1 aliphatic carbocycles. The van der Waals surface area contributed by atoms with Gasteiger partial charge >= 0.3 is 0 Å². The maximum absolute atomic E-state index is 11.5. The Balaban J connectivity index is 0.000000297. The molecule has 0 unspecified atom stereocenters. The van der Waals surface area contributed by atoms with Crippen LogP contribution in [-0.2, 0) is 31.3 Å². The van der Waals surface area contributed by atoms with Gasteiger partial charge in [0.1, 0.15) is 0 Å². The molecule has 0 atom stereocenters. The van der Waals surface area contributed by atoms with Crippen molar-refractivity contribution in [1.82, 2.24) is 9.97 Å². The third-order valence-electron chi connectivity index (χ3n) is 7.12. The van der Waals surface area contributed by atoms with Gasteiger partial charge in [-0.15, -0.1) is 18.2 Å². The third kappa shape index (κ3) is 9.61. The minimum atomic E-state index is -2.27. The first-order valence-corrected chi connectivity index (χ1v) is 14.6. The number of aromatic nitrogens is 2. The zero-order chi connectivity index (χ0) is 32.3. The van der Waals surface area contributed by atoms with E-state index in [0.29, 0.717) is 24.1 Å². The number of aryl methyl sites for hydroxylation is 1. The van der Waals surface area contributed by atoms with Crippen molar-refractivity contribution < 1.29 is 38.5 Å². The average molecular weight is 749 g/mol. The monoisotopic (exact) mass is 749 g/mol. The predicted octanol–water partition coefficient (Wildman–Crippen LogP) is 9.75. The van der Waals surface area contributed by atoms with Crippen LogP contribution in [0.25, 0.3) is 33.3 Å². The Morgan fingerprint density at radius 3 is 2.45 bits per heavy atom. The van der Waals surface area contributed by atoms with Crippen LogP contribution in [0.3, 0.4) is 0 Å². The second-order valence-corrected chi connectivity index (χ2v) is 13.7. The molecule has 0 bridgehead atoms. The van der Waals surface area contributed by atoms with Crippen molar-refractivity contribution in [2.24, 2.45) is 16.7 Å². The van der Waals surface area contributed by atoms with E-state index in [2.05, 4.69) is 28.2 Å². The SMILES string of the molecule is CC(C)(C)CC(=O)/C=C(\O)CC(C)(C)C.[2H]C([2H])([2H])c1ccc2c(n1)oc1c(-c3cc(CC4CCCC4)ccn3)[c-]ccc12.[Ir]. The van der Waals surface area contributed by atoms with E-state index in [4.69, 9.17) is 8.53 Å². The second kappa shape index (κ2) is 14.1. The molecule has 6 heteroatoms. The summed E-state index contributed by atoms with van der Waals surface area (Å²) in [5.41, 5.74) is 3.89. The molecule has 1 fully saturated rings. The van der Waals surface area contributed by atoms with Crippen LogP contribution in [0.4, 0.5) is 0 Å². The zero-order valence-electron chi connectivity index (χ0n) is 28.6. The Labute approximate surface area is 268 Å².